The lowest BCUT2D eigenvalue weighted by Gasteiger charge is -2.20. The van der Waals surface area contributed by atoms with Crippen LogP contribution in [0.1, 0.15) is 31.4 Å². The molecule has 9 heteroatoms. The quantitative estimate of drug-likeness (QED) is 0.289. The van der Waals surface area contributed by atoms with E-state index in [9.17, 15) is 24.6 Å². The molecule has 0 unspecified atom stereocenters. The van der Waals surface area contributed by atoms with E-state index in [-0.39, 0.29) is 29.2 Å². The lowest BCUT2D eigenvalue weighted by molar-refractivity contribution is -0.130. The van der Waals surface area contributed by atoms with Gasteiger partial charge in [0.05, 0.1) is 0 Å². The van der Waals surface area contributed by atoms with Crippen LogP contribution in [0, 0.1) is 5.92 Å². The average molecular weight is 484 g/mol. The minimum atomic E-state index is -0.914. The molecule has 3 atom stereocenters. The summed E-state index contributed by atoms with van der Waals surface area (Å²) in [6.07, 6.45) is -0.161. The molecule has 2 aromatic carbocycles. The van der Waals surface area contributed by atoms with Crippen molar-refractivity contribution in [1.29, 1.82) is 0 Å². The van der Waals surface area contributed by atoms with Crippen LogP contribution >= 0.6 is 0 Å². The third kappa shape index (κ3) is 8.29. The van der Waals surface area contributed by atoms with E-state index < -0.39 is 24.2 Å². The largest absolute Gasteiger partial charge is 0.508 e. The number of carbonyl (C=O) groups is 3. The second kappa shape index (κ2) is 12.2. The van der Waals surface area contributed by atoms with Gasteiger partial charge in [-0.15, -0.1) is 0 Å². The standard InChI is InChI=1S/C26H33N3O6/c1-16(2)15-21(24(32)27-13-11-17-3-7-19(30)8-4-17)29-26(34)23-22(35-23)25(33)28-14-12-18-5-9-20(31)10-6-18/h3-10,16,21-23,30-31H,11-15H2,1-2H3,(H,27,32)(H,28,33)(H,29,34)/t21-,22-,23-/m0/s1. The van der Waals surface area contributed by atoms with Crippen molar-refractivity contribution < 1.29 is 29.3 Å². The Morgan fingerprint density at radius 2 is 1.29 bits per heavy atom. The van der Waals surface area contributed by atoms with Crippen LogP contribution < -0.4 is 16.0 Å². The van der Waals surface area contributed by atoms with Crippen molar-refractivity contribution in [3.05, 3.63) is 59.7 Å². The van der Waals surface area contributed by atoms with Crippen molar-refractivity contribution in [2.45, 2.75) is 51.4 Å². The molecular formula is C26H33N3O6. The monoisotopic (exact) mass is 483 g/mol. The Labute approximate surface area is 204 Å². The van der Waals surface area contributed by atoms with E-state index in [1.165, 1.54) is 0 Å². The van der Waals surface area contributed by atoms with Gasteiger partial charge in [0.1, 0.15) is 17.5 Å². The maximum Gasteiger partial charge on any atom is 0.253 e. The highest BCUT2D eigenvalue weighted by molar-refractivity contribution is 5.97. The van der Waals surface area contributed by atoms with Gasteiger partial charge < -0.3 is 30.9 Å². The summed E-state index contributed by atoms with van der Waals surface area (Å²) >= 11 is 0. The average Bonchev–Trinajstić information content (AvgIpc) is 3.62. The first-order valence-electron chi connectivity index (χ1n) is 11.8. The number of phenolic OH excluding ortho intramolecular Hbond substituents is 2. The fraction of sp³-hybridized carbons (Fsp3) is 0.423. The maximum absolute atomic E-state index is 12.7. The molecule has 1 heterocycles. The molecule has 2 aromatic rings. The summed E-state index contributed by atoms with van der Waals surface area (Å²) in [5, 5.41) is 27.0. The number of carbonyl (C=O) groups excluding carboxylic acids is 3. The van der Waals surface area contributed by atoms with E-state index in [0.717, 1.165) is 11.1 Å². The highest BCUT2D eigenvalue weighted by Gasteiger charge is 2.50. The van der Waals surface area contributed by atoms with Crippen molar-refractivity contribution in [3.63, 3.8) is 0 Å². The van der Waals surface area contributed by atoms with Gasteiger partial charge in [-0.05, 0) is 60.6 Å². The fourth-order valence-electron chi connectivity index (χ4n) is 3.68. The zero-order chi connectivity index (χ0) is 25.4. The van der Waals surface area contributed by atoms with E-state index in [1.54, 1.807) is 48.5 Å². The van der Waals surface area contributed by atoms with Gasteiger partial charge in [0.15, 0.2) is 12.2 Å². The van der Waals surface area contributed by atoms with Crippen LogP contribution in [0.25, 0.3) is 0 Å². The molecule has 0 aromatic heterocycles. The molecule has 1 fully saturated rings. The smallest absolute Gasteiger partial charge is 0.253 e. The summed E-state index contributed by atoms with van der Waals surface area (Å²) in [7, 11) is 0. The predicted molar refractivity (Wildman–Crippen MR) is 130 cm³/mol. The van der Waals surface area contributed by atoms with E-state index in [1.807, 2.05) is 13.8 Å². The van der Waals surface area contributed by atoms with Gasteiger partial charge in [-0.2, -0.15) is 0 Å². The first-order chi connectivity index (χ1) is 16.7. The molecule has 1 aliphatic heterocycles. The molecule has 0 aliphatic carbocycles. The Kier molecular flexibility index (Phi) is 9.08. The molecular weight excluding hydrogens is 450 g/mol. The Bertz CT molecular complexity index is 1010. The van der Waals surface area contributed by atoms with Crippen molar-refractivity contribution in [3.8, 4) is 11.5 Å². The Morgan fingerprint density at radius 3 is 1.80 bits per heavy atom. The number of ether oxygens (including phenoxy) is 1. The lowest BCUT2D eigenvalue weighted by atomic mass is 10.0. The van der Waals surface area contributed by atoms with Gasteiger partial charge in [0.25, 0.3) is 11.8 Å². The van der Waals surface area contributed by atoms with Crippen molar-refractivity contribution in [1.82, 2.24) is 16.0 Å². The van der Waals surface area contributed by atoms with Crippen LogP contribution in [0.4, 0.5) is 0 Å². The highest BCUT2D eigenvalue weighted by Crippen LogP contribution is 2.23. The number of rotatable bonds is 12. The minimum Gasteiger partial charge on any atom is -0.508 e. The second-order valence-electron chi connectivity index (χ2n) is 9.08. The van der Waals surface area contributed by atoms with E-state index in [2.05, 4.69) is 16.0 Å². The normalized spacial score (nSPS) is 17.5. The summed E-state index contributed by atoms with van der Waals surface area (Å²) < 4.78 is 5.28. The summed E-state index contributed by atoms with van der Waals surface area (Å²) in [5.74, 6) is -0.613. The zero-order valence-corrected chi connectivity index (χ0v) is 20.0. The molecule has 1 saturated heterocycles. The Hall–Kier alpha value is -3.59. The van der Waals surface area contributed by atoms with Crippen LogP contribution in [0.5, 0.6) is 11.5 Å². The molecule has 3 rings (SSSR count). The molecule has 3 amide bonds. The van der Waals surface area contributed by atoms with Gasteiger partial charge in [0, 0.05) is 13.1 Å². The first-order valence-corrected chi connectivity index (χ1v) is 11.8. The summed E-state index contributed by atoms with van der Waals surface area (Å²) in [4.78, 5) is 37.6. The van der Waals surface area contributed by atoms with Gasteiger partial charge >= 0.3 is 0 Å². The second-order valence-corrected chi connectivity index (χ2v) is 9.08. The minimum absolute atomic E-state index is 0.169. The molecule has 188 valence electrons. The van der Waals surface area contributed by atoms with Crippen molar-refractivity contribution in [2.24, 2.45) is 5.92 Å². The first kappa shape index (κ1) is 26.0. The van der Waals surface area contributed by atoms with Gasteiger partial charge in [-0.25, -0.2) is 0 Å². The van der Waals surface area contributed by atoms with Crippen LogP contribution in [-0.4, -0.2) is 59.3 Å². The van der Waals surface area contributed by atoms with Crippen LogP contribution in [0.2, 0.25) is 0 Å². The molecule has 35 heavy (non-hydrogen) atoms. The molecule has 1 aliphatic rings. The molecule has 0 saturated carbocycles. The lowest BCUT2D eigenvalue weighted by Crippen LogP contribution is -2.49. The maximum atomic E-state index is 12.7. The third-order valence-electron chi connectivity index (χ3n) is 5.65. The van der Waals surface area contributed by atoms with Gasteiger partial charge in [-0.1, -0.05) is 38.1 Å². The number of phenols is 2. The SMILES string of the molecule is CC(C)C[C@H](NC(=O)[C@H]1O[C@@H]1C(=O)NCCc1ccc(O)cc1)C(=O)NCCc1ccc(O)cc1. The number of amides is 3. The van der Waals surface area contributed by atoms with Crippen LogP contribution in [-0.2, 0) is 32.0 Å². The number of hydrogen-bond acceptors (Lipinski definition) is 6. The van der Waals surface area contributed by atoms with Crippen LogP contribution in [0.3, 0.4) is 0 Å². The number of epoxide rings is 1. The molecule has 5 N–H and O–H groups in total. The number of hydrogen-bond donors (Lipinski definition) is 5. The van der Waals surface area contributed by atoms with Crippen molar-refractivity contribution >= 4 is 17.7 Å². The summed E-state index contributed by atoms with van der Waals surface area (Å²) in [6, 6.07) is 12.7. The summed E-state index contributed by atoms with van der Waals surface area (Å²) in [6.45, 7) is 4.68. The van der Waals surface area contributed by atoms with Gasteiger partial charge in [0.2, 0.25) is 5.91 Å². The molecule has 0 radical (unpaired) electrons. The Morgan fingerprint density at radius 1 is 0.800 bits per heavy atom. The number of aromatic hydroxyl groups is 2. The highest BCUT2D eigenvalue weighted by atomic mass is 16.6. The topological polar surface area (TPSA) is 140 Å². The number of nitrogens with one attached hydrogen (secondary N) is 3. The molecule has 0 spiro atoms. The fourth-order valence-corrected chi connectivity index (χ4v) is 3.68. The zero-order valence-electron chi connectivity index (χ0n) is 20.0. The molecule has 0 bridgehead atoms. The van der Waals surface area contributed by atoms with Gasteiger partial charge in [-0.3, -0.25) is 14.4 Å². The predicted octanol–water partition coefficient (Wildman–Crippen LogP) is 1.41. The molecule has 9 nitrogen and oxygen atoms in total. The van der Waals surface area contributed by atoms with Crippen molar-refractivity contribution in [2.75, 3.05) is 13.1 Å². The third-order valence-corrected chi connectivity index (χ3v) is 5.65. The van der Waals surface area contributed by atoms with E-state index in [0.29, 0.717) is 32.4 Å². The number of benzene rings is 2. The Balaban J connectivity index is 1.42. The summed E-state index contributed by atoms with van der Waals surface area (Å²) in [5.41, 5.74) is 1.93. The van der Waals surface area contributed by atoms with Crippen LogP contribution in [0.15, 0.2) is 48.5 Å². The van der Waals surface area contributed by atoms with E-state index >= 15 is 0 Å². The van der Waals surface area contributed by atoms with E-state index in [4.69, 9.17) is 4.74 Å².